The zero-order chi connectivity index (χ0) is 16.8. The Labute approximate surface area is 137 Å². The van der Waals surface area contributed by atoms with Crippen molar-refractivity contribution < 1.29 is 23.5 Å². The monoisotopic (exact) mass is 337 g/mol. The molecule has 23 heavy (non-hydrogen) atoms. The largest absolute Gasteiger partial charge is 0.497 e. The summed E-state index contributed by atoms with van der Waals surface area (Å²) >= 11 is 5.73. The van der Waals surface area contributed by atoms with Crippen molar-refractivity contribution in [3.8, 4) is 5.75 Å². The van der Waals surface area contributed by atoms with Gasteiger partial charge in [-0.2, -0.15) is 0 Å². The molecule has 0 spiro atoms. The minimum atomic E-state index is -0.934. The molecule has 2 rings (SSSR count). The van der Waals surface area contributed by atoms with Gasteiger partial charge in [0.2, 0.25) is 0 Å². The number of anilines is 1. The second-order valence-corrected chi connectivity index (χ2v) is 4.91. The minimum absolute atomic E-state index is 0.273. The molecule has 0 saturated heterocycles. The third-order valence-electron chi connectivity index (χ3n) is 2.86. The molecule has 7 heteroatoms. The Hall–Kier alpha value is -2.60. The predicted molar refractivity (Wildman–Crippen MR) is 83.3 cm³/mol. The number of carbonyl (C=O) groups excluding carboxylic acids is 2. The number of benzene rings is 2. The van der Waals surface area contributed by atoms with Gasteiger partial charge in [-0.3, -0.25) is 4.79 Å². The van der Waals surface area contributed by atoms with Crippen LogP contribution in [-0.4, -0.2) is 25.6 Å². The summed E-state index contributed by atoms with van der Waals surface area (Å²) in [5, 5.41) is 3.05. The highest BCUT2D eigenvalue weighted by Gasteiger charge is 2.15. The molecule has 0 heterocycles. The van der Waals surface area contributed by atoms with E-state index >= 15 is 0 Å². The zero-order valence-electron chi connectivity index (χ0n) is 12.1. The average Bonchev–Trinajstić information content (AvgIpc) is 2.54. The van der Waals surface area contributed by atoms with Crippen LogP contribution in [0.5, 0.6) is 5.75 Å². The molecule has 0 aliphatic rings. The molecule has 1 N–H and O–H groups in total. The van der Waals surface area contributed by atoms with Crippen molar-refractivity contribution in [1.29, 1.82) is 0 Å². The predicted octanol–water partition coefficient (Wildman–Crippen LogP) is 3.28. The van der Waals surface area contributed by atoms with Crippen molar-refractivity contribution >= 4 is 29.2 Å². The van der Waals surface area contributed by atoms with Crippen molar-refractivity contribution in [2.75, 3.05) is 19.0 Å². The van der Waals surface area contributed by atoms with E-state index in [-0.39, 0.29) is 11.3 Å². The molecule has 0 aromatic heterocycles. The van der Waals surface area contributed by atoms with E-state index in [1.54, 1.807) is 24.3 Å². The van der Waals surface area contributed by atoms with Gasteiger partial charge < -0.3 is 14.8 Å². The van der Waals surface area contributed by atoms with E-state index in [0.29, 0.717) is 10.7 Å². The number of esters is 1. The number of hydrogen-bond donors (Lipinski definition) is 1. The van der Waals surface area contributed by atoms with Crippen molar-refractivity contribution in [1.82, 2.24) is 0 Å². The highest BCUT2D eigenvalue weighted by atomic mass is 35.5. The number of amides is 1. The lowest BCUT2D eigenvalue weighted by atomic mass is 10.2. The first-order valence-corrected chi connectivity index (χ1v) is 6.93. The first-order chi connectivity index (χ1) is 11.0. The molecule has 0 radical (unpaired) electrons. The van der Waals surface area contributed by atoms with Crippen molar-refractivity contribution in [2.45, 2.75) is 0 Å². The van der Waals surface area contributed by atoms with Crippen LogP contribution in [0.3, 0.4) is 0 Å². The van der Waals surface area contributed by atoms with Gasteiger partial charge in [-0.1, -0.05) is 11.6 Å². The average molecular weight is 338 g/mol. The summed E-state index contributed by atoms with van der Waals surface area (Å²) in [4.78, 5) is 23.4. The van der Waals surface area contributed by atoms with Crippen LogP contribution < -0.4 is 10.1 Å². The molecule has 0 atom stereocenters. The standard InChI is InChI=1S/C16H13ClFNO4/c1-22-12-6-7-13(14(18)8-12)16(21)23-9-15(20)19-11-4-2-10(17)3-5-11/h2-8H,9H2,1H3,(H,19,20). The first-order valence-electron chi connectivity index (χ1n) is 6.55. The Balaban J connectivity index is 1.91. The summed E-state index contributed by atoms with van der Waals surface area (Å²) in [6, 6.07) is 10.1. The second kappa shape index (κ2) is 7.60. The van der Waals surface area contributed by atoms with Crippen molar-refractivity contribution in [2.24, 2.45) is 0 Å². The van der Waals surface area contributed by atoms with E-state index in [1.807, 2.05) is 0 Å². The van der Waals surface area contributed by atoms with Gasteiger partial charge in [0.25, 0.3) is 5.91 Å². The molecular formula is C16H13ClFNO4. The van der Waals surface area contributed by atoms with Crippen LogP contribution in [0.15, 0.2) is 42.5 Å². The SMILES string of the molecule is COc1ccc(C(=O)OCC(=O)Nc2ccc(Cl)cc2)c(F)c1. The normalized spacial score (nSPS) is 10.0. The van der Waals surface area contributed by atoms with Gasteiger partial charge in [0.15, 0.2) is 6.61 Å². The summed E-state index contributed by atoms with van der Waals surface area (Å²) in [5.74, 6) is -1.99. The van der Waals surface area contributed by atoms with E-state index in [1.165, 1.54) is 19.2 Å². The molecule has 0 unspecified atom stereocenters. The van der Waals surface area contributed by atoms with Gasteiger partial charge in [-0.05, 0) is 36.4 Å². The van der Waals surface area contributed by atoms with Crippen molar-refractivity contribution in [3.63, 3.8) is 0 Å². The Morgan fingerprint density at radius 3 is 2.48 bits per heavy atom. The molecule has 5 nitrogen and oxygen atoms in total. The summed E-state index contributed by atoms with van der Waals surface area (Å²) in [7, 11) is 1.38. The van der Waals surface area contributed by atoms with Crippen LogP contribution in [0.2, 0.25) is 5.02 Å². The van der Waals surface area contributed by atoms with Crippen LogP contribution in [0.4, 0.5) is 10.1 Å². The lowest BCUT2D eigenvalue weighted by Gasteiger charge is -2.08. The zero-order valence-corrected chi connectivity index (χ0v) is 12.9. The molecule has 120 valence electrons. The van der Waals surface area contributed by atoms with E-state index < -0.39 is 24.3 Å². The first kappa shape index (κ1) is 16.8. The second-order valence-electron chi connectivity index (χ2n) is 4.48. The minimum Gasteiger partial charge on any atom is -0.497 e. The molecule has 0 bridgehead atoms. The lowest BCUT2D eigenvalue weighted by Crippen LogP contribution is -2.21. The number of ether oxygens (including phenoxy) is 2. The number of halogens is 2. The van der Waals surface area contributed by atoms with Gasteiger partial charge in [0.1, 0.15) is 11.6 Å². The van der Waals surface area contributed by atoms with Gasteiger partial charge >= 0.3 is 5.97 Å². The maximum atomic E-state index is 13.7. The third-order valence-corrected chi connectivity index (χ3v) is 3.11. The molecule has 0 aliphatic heterocycles. The van der Waals surface area contributed by atoms with E-state index in [4.69, 9.17) is 21.1 Å². The summed E-state index contributed by atoms with van der Waals surface area (Å²) in [6.07, 6.45) is 0. The Bertz CT molecular complexity index is 719. The molecule has 0 fully saturated rings. The van der Waals surface area contributed by atoms with Crippen LogP contribution in [-0.2, 0) is 9.53 Å². The fraction of sp³-hybridized carbons (Fsp3) is 0.125. The summed E-state index contributed by atoms with van der Waals surface area (Å²) < 4.78 is 23.3. The summed E-state index contributed by atoms with van der Waals surface area (Å²) in [5.41, 5.74) is 0.233. The van der Waals surface area contributed by atoms with Gasteiger partial charge in [0, 0.05) is 16.8 Å². The van der Waals surface area contributed by atoms with Crippen LogP contribution >= 0.6 is 11.6 Å². The van der Waals surface area contributed by atoms with Gasteiger partial charge in [-0.25, -0.2) is 9.18 Å². The van der Waals surface area contributed by atoms with E-state index in [2.05, 4.69) is 5.32 Å². The topological polar surface area (TPSA) is 64.6 Å². The van der Waals surface area contributed by atoms with Crippen LogP contribution in [0, 0.1) is 5.82 Å². The molecule has 2 aromatic rings. The molecule has 1 amide bonds. The number of carbonyl (C=O) groups is 2. The Morgan fingerprint density at radius 1 is 1.17 bits per heavy atom. The third kappa shape index (κ3) is 4.69. The molecule has 0 saturated carbocycles. The number of methoxy groups -OCH3 is 1. The van der Waals surface area contributed by atoms with Crippen LogP contribution in [0.1, 0.15) is 10.4 Å². The maximum Gasteiger partial charge on any atom is 0.341 e. The lowest BCUT2D eigenvalue weighted by molar-refractivity contribution is -0.119. The fourth-order valence-electron chi connectivity index (χ4n) is 1.73. The molecular weight excluding hydrogens is 325 g/mol. The van der Waals surface area contributed by atoms with Crippen molar-refractivity contribution in [3.05, 3.63) is 58.9 Å². The van der Waals surface area contributed by atoms with Crippen LogP contribution in [0.25, 0.3) is 0 Å². The molecule has 2 aromatic carbocycles. The fourth-order valence-corrected chi connectivity index (χ4v) is 1.85. The van der Waals surface area contributed by atoms with E-state index in [0.717, 1.165) is 6.07 Å². The number of hydrogen-bond acceptors (Lipinski definition) is 4. The molecule has 0 aliphatic carbocycles. The Morgan fingerprint density at radius 2 is 1.87 bits per heavy atom. The highest BCUT2D eigenvalue weighted by molar-refractivity contribution is 6.30. The van der Waals surface area contributed by atoms with Gasteiger partial charge in [-0.15, -0.1) is 0 Å². The quantitative estimate of drug-likeness (QED) is 0.850. The maximum absolute atomic E-state index is 13.7. The van der Waals surface area contributed by atoms with Gasteiger partial charge in [0.05, 0.1) is 12.7 Å². The summed E-state index contributed by atoms with van der Waals surface area (Å²) in [6.45, 7) is -0.535. The number of rotatable bonds is 5. The van der Waals surface area contributed by atoms with E-state index in [9.17, 15) is 14.0 Å². The highest BCUT2D eigenvalue weighted by Crippen LogP contribution is 2.17. The smallest absolute Gasteiger partial charge is 0.341 e. The Kier molecular flexibility index (Phi) is 5.54. The number of nitrogens with one attached hydrogen (secondary N) is 1.